The summed E-state index contributed by atoms with van der Waals surface area (Å²) in [5.41, 5.74) is 2.74. The maximum Gasteiger partial charge on any atom is 0.229 e. The van der Waals surface area contributed by atoms with Crippen molar-refractivity contribution in [3.8, 4) is 5.75 Å². The number of aliphatic hydroxyl groups excluding tert-OH is 1. The van der Waals surface area contributed by atoms with Gasteiger partial charge in [0.15, 0.2) is 0 Å². The van der Waals surface area contributed by atoms with Crippen LogP contribution >= 0.6 is 0 Å². The number of anilines is 2. The van der Waals surface area contributed by atoms with E-state index < -0.39 is 26.2 Å². The van der Waals surface area contributed by atoms with Crippen LogP contribution in [-0.2, 0) is 20.0 Å². The molecule has 9 nitrogen and oxygen atoms in total. The highest BCUT2D eigenvalue weighted by Crippen LogP contribution is 2.27. The molecule has 0 aliphatic carbocycles. The highest BCUT2D eigenvalue weighted by atomic mass is 32.2. The molecule has 3 aromatic carbocycles. The molecule has 0 aliphatic rings. The Balaban J connectivity index is 1.70. The van der Waals surface area contributed by atoms with Crippen LogP contribution in [-0.4, -0.2) is 60.3 Å². The van der Waals surface area contributed by atoms with E-state index in [0.29, 0.717) is 30.2 Å². The number of para-hydroxylation sites is 1. The molecule has 194 valence electrons. The van der Waals surface area contributed by atoms with Crippen LogP contribution in [0.1, 0.15) is 17.0 Å². The van der Waals surface area contributed by atoms with Crippen LogP contribution < -0.4 is 19.5 Å². The molecule has 0 bridgehead atoms. The van der Waals surface area contributed by atoms with Crippen molar-refractivity contribution in [2.45, 2.75) is 12.0 Å². The maximum atomic E-state index is 11.5. The molecule has 0 radical (unpaired) electrons. The van der Waals surface area contributed by atoms with Crippen molar-refractivity contribution in [2.24, 2.45) is 0 Å². The Morgan fingerprint density at radius 2 is 1.19 bits per heavy atom. The van der Waals surface area contributed by atoms with E-state index in [-0.39, 0.29) is 12.5 Å². The second-order valence-corrected chi connectivity index (χ2v) is 12.0. The van der Waals surface area contributed by atoms with E-state index in [1.807, 2.05) is 54.6 Å². The molecule has 3 aromatic rings. The minimum Gasteiger partial charge on any atom is -0.491 e. The van der Waals surface area contributed by atoms with Crippen LogP contribution in [0.5, 0.6) is 5.75 Å². The lowest BCUT2D eigenvalue weighted by Crippen LogP contribution is -2.34. The highest BCUT2D eigenvalue weighted by molar-refractivity contribution is 7.92. The molecule has 0 heterocycles. The predicted octanol–water partition coefficient (Wildman–Crippen LogP) is 2.59. The number of hydrogen-bond acceptors (Lipinski definition) is 7. The number of benzene rings is 3. The molecular weight excluding hydrogens is 502 g/mol. The van der Waals surface area contributed by atoms with Gasteiger partial charge in [0.05, 0.1) is 12.5 Å². The van der Waals surface area contributed by atoms with E-state index in [4.69, 9.17) is 4.74 Å². The molecule has 11 heteroatoms. The molecule has 1 atom stereocenters. The van der Waals surface area contributed by atoms with Crippen molar-refractivity contribution in [1.29, 1.82) is 0 Å². The van der Waals surface area contributed by atoms with Crippen LogP contribution in [0.4, 0.5) is 11.4 Å². The first-order valence-electron chi connectivity index (χ1n) is 11.2. The second kappa shape index (κ2) is 12.2. The molecule has 36 heavy (non-hydrogen) atoms. The average Bonchev–Trinajstić information content (AvgIpc) is 2.81. The normalized spacial score (nSPS) is 12.8. The SMILES string of the molecule is CS(=O)(=O)Nc1ccc(C(CNC[C@H](O)COc2ccccc2)c2ccc(NS(C)(=O)=O)cc2)cc1. The van der Waals surface area contributed by atoms with Gasteiger partial charge in [0, 0.05) is 30.4 Å². The molecule has 3 rings (SSSR count). The van der Waals surface area contributed by atoms with E-state index in [0.717, 1.165) is 23.6 Å². The van der Waals surface area contributed by atoms with Gasteiger partial charge in [-0.25, -0.2) is 16.8 Å². The van der Waals surface area contributed by atoms with Crippen molar-refractivity contribution in [1.82, 2.24) is 5.32 Å². The number of sulfonamides is 2. The Morgan fingerprint density at radius 1 is 0.722 bits per heavy atom. The minimum atomic E-state index is -3.39. The molecule has 0 fully saturated rings. The number of rotatable bonds is 13. The summed E-state index contributed by atoms with van der Waals surface area (Å²) in [4.78, 5) is 0. The third-order valence-electron chi connectivity index (χ3n) is 5.15. The summed E-state index contributed by atoms with van der Waals surface area (Å²) in [5.74, 6) is 0.534. The Kier molecular flexibility index (Phi) is 9.32. The van der Waals surface area contributed by atoms with Gasteiger partial charge in [0.1, 0.15) is 18.5 Å². The monoisotopic (exact) mass is 533 g/mol. The van der Waals surface area contributed by atoms with E-state index >= 15 is 0 Å². The molecule has 0 unspecified atom stereocenters. The van der Waals surface area contributed by atoms with Gasteiger partial charge in [-0.2, -0.15) is 0 Å². The van der Waals surface area contributed by atoms with Crippen LogP contribution in [0.2, 0.25) is 0 Å². The summed E-state index contributed by atoms with van der Waals surface area (Å²) >= 11 is 0. The van der Waals surface area contributed by atoms with Gasteiger partial charge in [-0.1, -0.05) is 42.5 Å². The summed E-state index contributed by atoms with van der Waals surface area (Å²) < 4.78 is 56.6. The number of hydrogen-bond donors (Lipinski definition) is 4. The molecule has 0 amide bonds. The summed E-state index contributed by atoms with van der Waals surface area (Å²) in [6, 6.07) is 23.3. The van der Waals surface area contributed by atoms with E-state index in [9.17, 15) is 21.9 Å². The number of ether oxygens (including phenoxy) is 1. The molecule has 0 spiro atoms. The lowest BCUT2D eigenvalue weighted by Gasteiger charge is -2.21. The van der Waals surface area contributed by atoms with Gasteiger partial charge in [-0.3, -0.25) is 9.44 Å². The third kappa shape index (κ3) is 9.50. The fourth-order valence-electron chi connectivity index (χ4n) is 3.59. The number of nitrogens with one attached hydrogen (secondary N) is 3. The topological polar surface area (TPSA) is 134 Å². The first-order valence-corrected chi connectivity index (χ1v) is 15.0. The summed E-state index contributed by atoms with van der Waals surface area (Å²) in [6.07, 6.45) is 1.45. The van der Waals surface area contributed by atoms with Crippen molar-refractivity contribution in [3.63, 3.8) is 0 Å². The summed E-state index contributed by atoms with van der Waals surface area (Å²) in [6.45, 7) is 0.907. The zero-order chi connectivity index (χ0) is 26.2. The number of aliphatic hydroxyl groups is 1. The molecule has 0 aromatic heterocycles. The van der Waals surface area contributed by atoms with Crippen LogP contribution in [0, 0.1) is 0 Å². The Bertz CT molecular complexity index is 1240. The Hall–Kier alpha value is -3.12. The molecular formula is C25H31N3O6S2. The van der Waals surface area contributed by atoms with Crippen molar-refractivity contribution in [2.75, 3.05) is 41.7 Å². The van der Waals surface area contributed by atoms with E-state index in [2.05, 4.69) is 14.8 Å². The zero-order valence-electron chi connectivity index (χ0n) is 20.1. The van der Waals surface area contributed by atoms with Crippen molar-refractivity contribution < 1.29 is 26.7 Å². The average molecular weight is 534 g/mol. The van der Waals surface area contributed by atoms with Gasteiger partial charge in [0.2, 0.25) is 20.0 Å². The van der Waals surface area contributed by atoms with Gasteiger partial charge in [0.25, 0.3) is 0 Å². The second-order valence-electron chi connectivity index (χ2n) is 8.48. The highest BCUT2D eigenvalue weighted by Gasteiger charge is 2.16. The standard InChI is InChI=1S/C25H31N3O6S2/c1-35(30,31)27-21-12-8-19(9-13-21)25(20-10-14-22(15-11-20)28-36(2,32)33)17-26-16-23(29)18-34-24-6-4-3-5-7-24/h3-15,23,25-29H,16-18H2,1-2H3/t23-/m0/s1. The van der Waals surface area contributed by atoms with Crippen molar-refractivity contribution in [3.05, 3.63) is 90.0 Å². The quantitative estimate of drug-likeness (QED) is 0.265. The van der Waals surface area contributed by atoms with Gasteiger partial charge in [-0.05, 0) is 47.5 Å². The summed E-state index contributed by atoms with van der Waals surface area (Å²) in [5, 5.41) is 13.6. The largest absolute Gasteiger partial charge is 0.491 e. The zero-order valence-corrected chi connectivity index (χ0v) is 21.7. The fraction of sp³-hybridized carbons (Fsp3) is 0.280. The van der Waals surface area contributed by atoms with Crippen LogP contribution in [0.15, 0.2) is 78.9 Å². The molecule has 0 aliphatic heterocycles. The first kappa shape index (κ1) is 27.5. The smallest absolute Gasteiger partial charge is 0.229 e. The molecule has 0 saturated carbocycles. The third-order valence-corrected chi connectivity index (χ3v) is 6.36. The van der Waals surface area contributed by atoms with Gasteiger partial charge >= 0.3 is 0 Å². The minimum absolute atomic E-state index is 0.138. The summed E-state index contributed by atoms with van der Waals surface area (Å²) in [7, 11) is -6.78. The molecule has 0 saturated heterocycles. The fourth-order valence-corrected chi connectivity index (χ4v) is 4.71. The first-order chi connectivity index (χ1) is 17.0. The molecule has 4 N–H and O–H groups in total. The van der Waals surface area contributed by atoms with Crippen molar-refractivity contribution >= 4 is 31.4 Å². The van der Waals surface area contributed by atoms with E-state index in [1.165, 1.54) is 0 Å². The maximum absolute atomic E-state index is 11.5. The Morgan fingerprint density at radius 3 is 1.64 bits per heavy atom. The van der Waals surface area contributed by atoms with E-state index in [1.54, 1.807) is 24.3 Å². The lowest BCUT2D eigenvalue weighted by molar-refractivity contribution is 0.106. The lowest BCUT2D eigenvalue weighted by atomic mass is 9.91. The van der Waals surface area contributed by atoms with Gasteiger partial charge in [-0.15, -0.1) is 0 Å². The van der Waals surface area contributed by atoms with Crippen LogP contribution in [0.3, 0.4) is 0 Å². The van der Waals surface area contributed by atoms with Crippen LogP contribution in [0.25, 0.3) is 0 Å². The van der Waals surface area contributed by atoms with Gasteiger partial charge < -0.3 is 15.2 Å². The Labute approximate surface area is 212 Å². The predicted molar refractivity (Wildman–Crippen MR) is 142 cm³/mol.